The van der Waals surface area contributed by atoms with Crippen molar-refractivity contribution < 1.29 is 27.8 Å². The van der Waals surface area contributed by atoms with Crippen LogP contribution in [0, 0.1) is 11.6 Å². The quantitative estimate of drug-likeness (QED) is 0.266. The molecule has 0 saturated carbocycles. The van der Waals surface area contributed by atoms with Gasteiger partial charge < -0.3 is 29.7 Å². The van der Waals surface area contributed by atoms with E-state index in [0.29, 0.717) is 65.2 Å². The van der Waals surface area contributed by atoms with Gasteiger partial charge in [0, 0.05) is 43.1 Å². The van der Waals surface area contributed by atoms with Gasteiger partial charge in [0.2, 0.25) is 0 Å². The Morgan fingerprint density at radius 2 is 1.68 bits per heavy atom. The van der Waals surface area contributed by atoms with Crippen LogP contribution in [0.1, 0.15) is 12.8 Å². The number of methoxy groups -OCH3 is 2. The van der Waals surface area contributed by atoms with E-state index >= 15 is 0 Å². The van der Waals surface area contributed by atoms with Crippen molar-refractivity contribution in [1.82, 2.24) is 14.9 Å². The first-order valence-corrected chi connectivity index (χ1v) is 12.8. The number of urea groups is 1. The number of likely N-dealkylation sites (tertiary alicyclic amines) is 1. The van der Waals surface area contributed by atoms with Gasteiger partial charge in [0.05, 0.1) is 24.8 Å². The highest BCUT2D eigenvalue weighted by atomic mass is 35.5. The third-order valence-electron chi connectivity index (χ3n) is 6.55. The maximum absolute atomic E-state index is 13.9. The van der Waals surface area contributed by atoms with Crippen molar-refractivity contribution in [3.05, 3.63) is 71.5 Å². The van der Waals surface area contributed by atoms with Crippen LogP contribution >= 0.6 is 11.6 Å². The van der Waals surface area contributed by atoms with Gasteiger partial charge in [-0.05, 0) is 36.4 Å². The summed E-state index contributed by atoms with van der Waals surface area (Å²) in [7, 11) is 3.12. The second-order valence-electron chi connectivity index (χ2n) is 9.05. The predicted octanol–water partition coefficient (Wildman–Crippen LogP) is 6.40. The summed E-state index contributed by atoms with van der Waals surface area (Å²) in [6.07, 6.45) is 2.33. The van der Waals surface area contributed by atoms with Crippen molar-refractivity contribution in [3.63, 3.8) is 0 Å². The van der Waals surface area contributed by atoms with Gasteiger partial charge in [0.15, 0.2) is 11.5 Å². The summed E-state index contributed by atoms with van der Waals surface area (Å²) in [5, 5.41) is 6.72. The van der Waals surface area contributed by atoms with Crippen LogP contribution in [0.25, 0.3) is 10.9 Å². The van der Waals surface area contributed by atoms with Crippen LogP contribution in [-0.2, 0) is 0 Å². The summed E-state index contributed by atoms with van der Waals surface area (Å²) in [6, 6.07) is 11.7. The number of carbonyl (C=O) groups is 1. The number of ether oxygens (including phenoxy) is 3. The smallest absolute Gasteiger partial charge is 0.322 e. The molecule has 0 atom stereocenters. The second-order valence-corrected chi connectivity index (χ2v) is 9.46. The Hall–Kier alpha value is -4.38. The topological polar surface area (TPSA) is 97.8 Å². The lowest BCUT2D eigenvalue weighted by atomic mass is 10.1. The number of amides is 2. The molecule has 1 saturated heterocycles. The minimum atomic E-state index is -0.827. The first kappa shape index (κ1) is 27.2. The van der Waals surface area contributed by atoms with E-state index < -0.39 is 23.4 Å². The molecule has 2 heterocycles. The number of aromatic nitrogens is 2. The average Bonchev–Trinajstić information content (AvgIpc) is 2.96. The maximum Gasteiger partial charge on any atom is 0.322 e. The zero-order valence-corrected chi connectivity index (χ0v) is 22.5. The van der Waals surface area contributed by atoms with E-state index in [1.807, 2.05) is 6.07 Å². The standard InChI is InChI=1S/C28H26ClF2N5O4/c1-38-24-13-18-22(14-25(24)39-2)32-15-33-27(18)34-16-6-7-23(19(29)12-16)40-17-8-10-36(11-9-17)28(37)35-26-20(30)4-3-5-21(26)31/h3-7,12-15,17H,8-11H2,1-2H3,(H,35,37)(H,32,33,34). The fraction of sp³-hybridized carbons (Fsp3) is 0.250. The highest BCUT2D eigenvalue weighted by Gasteiger charge is 2.26. The van der Waals surface area contributed by atoms with E-state index in [1.54, 1.807) is 38.5 Å². The normalized spacial score (nSPS) is 13.7. The van der Waals surface area contributed by atoms with E-state index in [2.05, 4.69) is 20.6 Å². The van der Waals surface area contributed by atoms with E-state index in [9.17, 15) is 13.6 Å². The molecule has 0 spiro atoms. The molecule has 2 amide bonds. The minimum absolute atomic E-state index is 0.182. The lowest BCUT2D eigenvalue weighted by Gasteiger charge is -2.32. The highest BCUT2D eigenvalue weighted by molar-refractivity contribution is 6.32. The highest BCUT2D eigenvalue weighted by Crippen LogP contribution is 2.36. The molecule has 1 aromatic heterocycles. The first-order chi connectivity index (χ1) is 19.4. The van der Waals surface area contributed by atoms with Crippen molar-refractivity contribution in [2.45, 2.75) is 18.9 Å². The van der Waals surface area contributed by atoms with Gasteiger partial charge in [-0.1, -0.05) is 17.7 Å². The second kappa shape index (κ2) is 11.8. The van der Waals surface area contributed by atoms with Crippen LogP contribution < -0.4 is 24.8 Å². The van der Waals surface area contributed by atoms with Crippen LogP contribution in [0.15, 0.2) is 54.9 Å². The summed E-state index contributed by atoms with van der Waals surface area (Å²) in [4.78, 5) is 22.7. The number of piperidine rings is 1. The number of hydrogen-bond acceptors (Lipinski definition) is 7. The number of carbonyl (C=O) groups excluding carboxylic acids is 1. The average molecular weight is 570 g/mol. The molecule has 208 valence electrons. The molecule has 0 unspecified atom stereocenters. The number of benzene rings is 3. The fourth-order valence-corrected chi connectivity index (χ4v) is 4.68. The molecule has 12 heteroatoms. The molecule has 40 heavy (non-hydrogen) atoms. The number of hydrogen-bond donors (Lipinski definition) is 2. The van der Waals surface area contributed by atoms with Gasteiger partial charge in [-0.15, -0.1) is 0 Å². The third kappa shape index (κ3) is 5.79. The molecule has 0 bridgehead atoms. The monoisotopic (exact) mass is 569 g/mol. The summed E-state index contributed by atoms with van der Waals surface area (Å²) in [5.74, 6) is 0.533. The molecule has 3 aromatic carbocycles. The molecule has 5 rings (SSSR count). The zero-order valence-electron chi connectivity index (χ0n) is 21.7. The van der Waals surface area contributed by atoms with Crippen molar-refractivity contribution in [2.24, 2.45) is 0 Å². The molecule has 1 aliphatic heterocycles. The van der Waals surface area contributed by atoms with Crippen LogP contribution in [0.5, 0.6) is 17.2 Å². The molecule has 0 radical (unpaired) electrons. The SMILES string of the molecule is COc1cc2ncnc(Nc3ccc(OC4CCN(C(=O)Nc5c(F)cccc5F)CC4)c(Cl)c3)c2cc1OC. The van der Waals surface area contributed by atoms with Crippen LogP contribution in [0.2, 0.25) is 5.02 Å². The largest absolute Gasteiger partial charge is 0.493 e. The molecular weight excluding hydrogens is 544 g/mol. The molecule has 2 N–H and O–H groups in total. The number of halogens is 3. The predicted molar refractivity (Wildman–Crippen MR) is 148 cm³/mol. The lowest BCUT2D eigenvalue weighted by molar-refractivity contribution is 0.115. The summed E-state index contributed by atoms with van der Waals surface area (Å²) in [5.41, 5.74) is 0.916. The number of nitrogens with zero attached hydrogens (tertiary/aromatic N) is 3. The van der Waals surface area contributed by atoms with Crippen molar-refractivity contribution >= 4 is 45.7 Å². The van der Waals surface area contributed by atoms with Gasteiger partial charge in [-0.25, -0.2) is 23.5 Å². The van der Waals surface area contributed by atoms with Gasteiger partial charge in [0.25, 0.3) is 0 Å². The number of anilines is 3. The zero-order chi connectivity index (χ0) is 28.2. The van der Waals surface area contributed by atoms with Crippen LogP contribution in [0.3, 0.4) is 0 Å². The Morgan fingerprint density at radius 3 is 2.35 bits per heavy atom. The third-order valence-corrected chi connectivity index (χ3v) is 6.85. The molecule has 1 fully saturated rings. The molecular formula is C28H26ClF2N5O4. The van der Waals surface area contributed by atoms with Crippen LogP contribution in [0.4, 0.5) is 30.8 Å². The van der Waals surface area contributed by atoms with Gasteiger partial charge in [-0.3, -0.25) is 0 Å². The van der Waals surface area contributed by atoms with Gasteiger partial charge >= 0.3 is 6.03 Å². The van der Waals surface area contributed by atoms with Gasteiger partial charge in [0.1, 0.15) is 41.3 Å². The lowest BCUT2D eigenvalue weighted by Crippen LogP contribution is -2.44. The molecule has 0 aliphatic carbocycles. The number of para-hydroxylation sites is 1. The Morgan fingerprint density at radius 1 is 0.975 bits per heavy atom. The number of fused-ring (bicyclic) bond motifs is 1. The Balaban J connectivity index is 1.21. The van der Waals surface area contributed by atoms with Crippen LogP contribution in [-0.4, -0.2) is 54.3 Å². The molecule has 4 aromatic rings. The van der Waals surface area contributed by atoms with Crippen molar-refractivity contribution in [3.8, 4) is 17.2 Å². The summed E-state index contributed by atoms with van der Waals surface area (Å²) >= 11 is 6.54. The van der Waals surface area contributed by atoms with E-state index in [0.717, 1.165) is 17.5 Å². The molecule has 9 nitrogen and oxygen atoms in total. The van der Waals surface area contributed by atoms with Crippen molar-refractivity contribution in [1.29, 1.82) is 0 Å². The molecule has 1 aliphatic rings. The summed E-state index contributed by atoms with van der Waals surface area (Å²) < 4.78 is 44.6. The first-order valence-electron chi connectivity index (χ1n) is 12.5. The van der Waals surface area contributed by atoms with Crippen molar-refractivity contribution in [2.75, 3.05) is 37.9 Å². The Bertz CT molecular complexity index is 1530. The fourth-order valence-electron chi connectivity index (χ4n) is 4.45. The van der Waals surface area contributed by atoms with E-state index in [4.69, 9.17) is 25.8 Å². The minimum Gasteiger partial charge on any atom is -0.493 e. The maximum atomic E-state index is 13.9. The Labute approximate surface area is 234 Å². The number of rotatable bonds is 7. The van der Waals surface area contributed by atoms with E-state index in [1.165, 1.54) is 17.3 Å². The number of nitrogens with one attached hydrogen (secondary N) is 2. The summed E-state index contributed by atoms with van der Waals surface area (Å²) in [6.45, 7) is 0.720. The van der Waals surface area contributed by atoms with E-state index in [-0.39, 0.29) is 6.10 Å². The van der Waals surface area contributed by atoms with Gasteiger partial charge in [-0.2, -0.15) is 0 Å². The Kier molecular flexibility index (Phi) is 8.01.